The van der Waals surface area contributed by atoms with Crippen molar-refractivity contribution in [2.45, 2.75) is 39.8 Å². The first-order valence-corrected chi connectivity index (χ1v) is 7.33. The SMILES string of the molecule is CC(C)N(c1ccccc1PCl)C(C)C. The lowest BCUT2D eigenvalue weighted by Crippen LogP contribution is -2.39. The summed E-state index contributed by atoms with van der Waals surface area (Å²) in [5.41, 5.74) is 1.27. The normalized spacial score (nSPS) is 11.9. The molecule has 0 aliphatic carbocycles. The maximum atomic E-state index is 5.99. The number of halogens is 1. The van der Waals surface area contributed by atoms with Gasteiger partial charge >= 0.3 is 0 Å². The monoisotopic (exact) mass is 243 g/mol. The van der Waals surface area contributed by atoms with E-state index in [0.717, 1.165) is 0 Å². The van der Waals surface area contributed by atoms with Crippen LogP contribution in [-0.4, -0.2) is 12.1 Å². The third-order valence-electron chi connectivity index (χ3n) is 2.40. The van der Waals surface area contributed by atoms with Gasteiger partial charge in [0.05, 0.1) is 0 Å². The summed E-state index contributed by atoms with van der Waals surface area (Å²) in [5.74, 6) is 0. The second-order valence-electron chi connectivity index (χ2n) is 4.21. The van der Waals surface area contributed by atoms with Gasteiger partial charge in [-0.3, -0.25) is 0 Å². The van der Waals surface area contributed by atoms with E-state index < -0.39 is 0 Å². The molecule has 0 aliphatic heterocycles. The van der Waals surface area contributed by atoms with Crippen LogP contribution >= 0.6 is 19.2 Å². The molecule has 3 heteroatoms. The molecule has 0 amide bonds. The minimum Gasteiger partial charge on any atom is -0.366 e. The predicted molar refractivity (Wildman–Crippen MR) is 73.0 cm³/mol. The second-order valence-corrected chi connectivity index (χ2v) is 5.50. The van der Waals surface area contributed by atoms with Crippen LogP contribution in [0, 0.1) is 0 Å². The van der Waals surface area contributed by atoms with E-state index in [0.29, 0.717) is 20.0 Å². The smallest absolute Gasteiger partial charge is 0.0458 e. The van der Waals surface area contributed by atoms with Crippen molar-refractivity contribution in [3.8, 4) is 0 Å². The number of hydrogen-bond acceptors (Lipinski definition) is 1. The van der Waals surface area contributed by atoms with E-state index in [9.17, 15) is 0 Å². The van der Waals surface area contributed by atoms with Gasteiger partial charge in [-0.25, -0.2) is 0 Å². The Bertz CT molecular complexity index is 304. The molecule has 0 aliphatic rings. The lowest BCUT2D eigenvalue weighted by Gasteiger charge is -2.34. The molecule has 0 heterocycles. The second kappa shape index (κ2) is 5.72. The summed E-state index contributed by atoms with van der Waals surface area (Å²) in [5, 5.41) is 1.24. The van der Waals surface area contributed by atoms with Crippen molar-refractivity contribution in [1.82, 2.24) is 0 Å². The van der Waals surface area contributed by atoms with Crippen LogP contribution in [0.3, 0.4) is 0 Å². The number of para-hydroxylation sites is 1. The third kappa shape index (κ3) is 3.09. The van der Waals surface area contributed by atoms with E-state index in [4.69, 9.17) is 11.2 Å². The van der Waals surface area contributed by atoms with Gasteiger partial charge in [-0.05, 0) is 33.8 Å². The Kier molecular flexibility index (Phi) is 4.89. The standard InChI is InChI=1S/C12H19ClNP/c1-9(2)14(10(3)4)11-7-5-6-8-12(11)15-13/h5-10,15H,1-4H3. The van der Waals surface area contributed by atoms with Crippen LogP contribution in [0.5, 0.6) is 0 Å². The summed E-state index contributed by atoms with van der Waals surface area (Å²) < 4.78 is 0. The molecule has 0 saturated heterocycles. The Morgan fingerprint density at radius 3 is 2.07 bits per heavy atom. The molecule has 1 aromatic carbocycles. The fourth-order valence-corrected chi connectivity index (χ4v) is 2.88. The summed E-state index contributed by atoms with van der Waals surface area (Å²) in [7, 11) is 0.338. The maximum Gasteiger partial charge on any atom is 0.0458 e. The van der Waals surface area contributed by atoms with Crippen molar-refractivity contribution in [1.29, 1.82) is 0 Å². The van der Waals surface area contributed by atoms with Crippen LogP contribution in [0.25, 0.3) is 0 Å². The quantitative estimate of drug-likeness (QED) is 0.728. The van der Waals surface area contributed by atoms with Crippen LogP contribution < -0.4 is 10.2 Å². The van der Waals surface area contributed by atoms with Gasteiger partial charge in [-0.1, -0.05) is 29.4 Å². The van der Waals surface area contributed by atoms with Gasteiger partial charge in [0, 0.05) is 31.0 Å². The number of hydrogen-bond donors (Lipinski definition) is 0. The van der Waals surface area contributed by atoms with Crippen molar-refractivity contribution >= 4 is 30.2 Å². The van der Waals surface area contributed by atoms with Crippen LogP contribution in [0.2, 0.25) is 0 Å². The molecule has 84 valence electrons. The van der Waals surface area contributed by atoms with Gasteiger partial charge in [0.2, 0.25) is 0 Å². The zero-order valence-electron chi connectivity index (χ0n) is 9.79. The van der Waals surface area contributed by atoms with Crippen molar-refractivity contribution < 1.29 is 0 Å². The molecule has 1 nitrogen and oxygen atoms in total. The van der Waals surface area contributed by atoms with E-state index >= 15 is 0 Å². The molecule has 0 fully saturated rings. The highest BCUT2D eigenvalue weighted by Gasteiger charge is 2.16. The van der Waals surface area contributed by atoms with Crippen molar-refractivity contribution in [2.75, 3.05) is 4.90 Å². The Hall–Kier alpha value is -0.260. The average Bonchev–Trinajstić information content (AvgIpc) is 2.17. The molecular weight excluding hydrogens is 225 g/mol. The topological polar surface area (TPSA) is 3.24 Å². The van der Waals surface area contributed by atoms with Crippen LogP contribution in [0.4, 0.5) is 5.69 Å². The number of anilines is 1. The molecule has 1 atom stereocenters. The Morgan fingerprint density at radius 2 is 1.60 bits per heavy atom. The van der Waals surface area contributed by atoms with E-state index in [2.05, 4.69) is 50.8 Å². The van der Waals surface area contributed by atoms with Crippen molar-refractivity contribution in [2.24, 2.45) is 0 Å². The highest BCUT2D eigenvalue weighted by Crippen LogP contribution is 2.26. The van der Waals surface area contributed by atoms with E-state index in [1.807, 2.05) is 6.07 Å². The maximum absolute atomic E-state index is 5.99. The molecule has 1 unspecified atom stereocenters. The predicted octanol–water partition coefficient (Wildman–Crippen LogP) is 3.77. The highest BCUT2D eigenvalue weighted by atomic mass is 35.7. The molecule has 15 heavy (non-hydrogen) atoms. The minimum absolute atomic E-state index is 0.338. The summed E-state index contributed by atoms with van der Waals surface area (Å²) >= 11 is 5.99. The zero-order valence-corrected chi connectivity index (χ0v) is 11.5. The fourth-order valence-electron chi connectivity index (χ4n) is 1.93. The van der Waals surface area contributed by atoms with Crippen molar-refractivity contribution in [3.63, 3.8) is 0 Å². The molecule has 0 saturated carbocycles. The zero-order chi connectivity index (χ0) is 11.4. The van der Waals surface area contributed by atoms with E-state index in [1.165, 1.54) is 11.0 Å². The van der Waals surface area contributed by atoms with Gasteiger partial charge in [0.25, 0.3) is 0 Å². The van der Waals surface area contributed by atoms with Crippen LogP contribution in [0.1, 0.15) is 27.7 Å². The molecule has 1 rings (SSSR count). The third-order valence-corrected chi connectivity index (χ3v) is 3.63. The summed E-state index contributed by atoms with van der Waals surface area (Å²) in [6.07, 6.45) is 0. The first-order valence-electron chi connectivity index (χ1n) is 5.32. The van der Waals surface area contributed by atoms with E-state index in [1.54, 1.807) is 0 Å². The molecule has 0 bridgehead atoms. The van der Waals surface area contributed by atoms with Gasteiger partial charge in [-0.15, -0.1) is 0 Å². The minimum atomic E-state index is 0.338. The molecule has 0 aromatic heterocycles. The summed E-state index contributed by atoms with van der Waals surface area (Å²) in [6.45, 7) is 8.87. The lowest BCUT2D eigenvalue weighted by molar-refractivity contribution is 0.609. The van der Waals surface area contributed by atoms with Crippen LogP contribution in [-0.2, 0) is 0 Å². The van der Waals surface area contributed by atoms with Crippen LogP contribution in [0.15, 0.2) is 24.3 Å². The first kappa shape index (κ1) is 12.8. The highest BCUT2D eigenvalue weighted by molar-refractivity contribution is 7.75. The molecule has 1 aromatic rings. The summed E-state index contributed by atoms with van der Waals surface area (Å²) in [4.78, 5) is 2.41. The fraction of sp³-hybridized carbons (Fsp3) is 0.500. The number of benzene rings is 1. The van der Waals surface area contributed by atoms with Crippen molar-refractivity contribution in [3.05, 3.63) is 24.3 Å². The van der Waals surface area contributed by atoms with Gasteiger partial charge < -0.3 is 4.90 Å². The lowest BCUT2D eigenvalue weighted by atomic mass is 10.2. The average molecular weight is 244 g/mol. The molecular formula is C12H19ClNP. The van der Waals surface area contributed by atoms with E-state index in [-0.39, 0.29) is 0 Å². The van der Waals surface area contributed by atoms with Gasteiger partial charge in [0.1, 0.15) is 0 Å². The number of rotatable bonds is 4. The first-order chi connectivity index (χ1) is 7.07. The molecule has 0 radical (unpaired) electrons. The molecule has 0 spiro atoms. The summed E-state index contributed by atoms with van der Waals surface area (Å²) in [6, 6.07) is 9.39. The largest absolute Gasteiger partial charge is 0.366 e. The Labute approximate surface area is 99.4 Å². The Balaban J connectivity index is 3.10. The Morgan fingerprint density at radius 1 is 1.07 bits per heavy atom. The molecule has 0 N–H and O–H groups in total. The number of nitrogens with zero attached hydrogens (tertiary/aromatic N) is 1. The van der Waals surface area contributed by atoms with Gasteiger partial charge in [0.15, 0.2) is 0 Å². The van der Waals surface area contributed by atoms with Gasteiger partial charge in [-0.2, -0.15) is 0 Å².